The third-order valence-corrected chi connectivity index (χ3v) is 3.75. The molecule has 4 nitrogen and oxygen atoms in total. The van der Waals surface area contributed by atoms with Gasteiger partial charge in [-0.15, -0.1) is 11.6 Å². The lowest BCUT2D eigenvalue weighted by Gasteiger charge is -2.08. The highest BCUT2D eigenvalue weighted by Crippen LogP contribution is 2.27. The van der Waals surface area contributed by atoms with Crippen LogP contribution < -0.4 is 0 Å². The van der Waals surface area contributed by atoms with Gasteiger partial charge >= 0.3 is 0 Å². The van der Waals surface area contributed by atoms with Crippen LogP contribution in [0.1, 0.15) is 29.8 Å². The highest BCUT2D eigenvalue weighted by Gasteiger charge is 2.17. The van der Waals surface area contributed by atoms with Gasteiger partial charge in [0, 0.05) is 4.47 Å². The molecule has 0 saturated heterocycles. The maximum atomic E-state index is 6.24. The Morgan fingerprint density at radius 3 is 2.90 bits per heavy atom. The van der Waals surface area contributed by atoms with E-state index in [0.717, 1.165) is 27.1 Å². The van der Waals surface area contributed by atoms with Crippen LogP contribution in [-0.2, 0) is 6.54 Å². The molecule has 2 aromatic heterocycles. The van der Waals surface area contributed by atoms with Crippen LogP contribution in [0.3, 0.4) is 0 Å². The summed E-state index contributed by atoms with van der Waals surface area (Å²) in [6.45, 7) is 4.31. The number of hydrogen-bond acceptors (Lipinski definition) is 3. The second kappa shape index (κ2) is 5.22. The van der Waals surface area contributed by atoms with E-state index in [-0.39, 0.29) is 5.38 Å². The number of aryl methyl sites for hydroxylation is 1. The first-order valence-corrected chi connectivity index (χ1v) is 7.48. The number of imidazole rings is 1. The largest absolute Gasteiger partial charge is 0.444 e. The van der Waals surface area contributed by atoms with Crippen molar-refractivity contribution in [3.05, 3.63) is 46.3 Å². The van der Waals surface area contributed by atoms with Gasteiger partial charge in [0.15, 0.2) is 0 Å². The summed E-state index contributed by atoms with van der Waals surface area (Å²) in [6, 6.07) is 5.97. The van der Waals surface area contributed by atoms with E-state index in [2.05, 4.69) is 25.9 Å². The van der Waals surface area contributed by atoms with E-state index < -0.39 is 0 Å². The van der Waals surface area contributed by atoms with Crippen molar-refractivity contribution in [3.8, 4) is 0 Å². The Morgan fingerprint density at radius 1 is 1.45 bits per heavy atom. The first-order chi connectivity index (χ1) is 9.54. The Balaban J connectivity index is 2.15. The van der Waals surface area contributed by atoms with Crippen LogP contribution in [0.25, 0.3) is 11.0 Å². The zero-order chi connectivity index (χ0) is 14.3. The zero-order valence-corrected chi connectivity index (χ0v) is 13.4. The fourth-order valence-corrected chi connectivity index (χ4v) is 2.71. The van der Waals surface area contributed by atoms with Crippen LogP contribution >= 0.6 is 27.5 Å². The van der Waals surface area contributed by atoms with Crippen molar-refractivity contribution in [1.29, 1.82) is 0 Å². The summed E-state index contributed by atoms with van der Waals surface area (Å²) >= 11 is 9.73. The second-order valence-corrected chi connectivity index (χ2v) is 6.24. The lowest BCUT2D eigenvalue weighted by molar-refractivity contribution is 0.456. The number of rotatable bonds is 3. The third-order valence-electron chi connectivity index (χ3n) is 3.06. The van der Waals surface area contributed by atoms with E-state index in [1.165, 1.54) is 0 Å². The summed E-state index contributed by atoms with van der Waals surface area (Å²) in [5.41, 5.74) is 1.93. The molecule has 0 aliphatic carbocycles. The molecule has 1 aromatic carbocycles. The molecule has 3 rings (SSSR count). The van der Waals surface area contributed by atoms with Gasteiger partial charge in [-0.1, -0.05) is 15.9 Å². The average molecular weight is 355 g/mol. The minimum atomic E-state index is -0.183. The molecule has 0 saturated carbocycles. The molecule has 0 fully saturated rings. The zero-order valence-electron chi connectivity index (χ0n) is 11.1. The molecular formula is C14H13BrClN3O. The quantitative estimate of drug-likeness (QED) is 0.653. The fourth-order valence-electron chi connectivity index (χ4n) is 2.19. The number of alkyl halides is 1. The number of halogens is 2. The molecule has 6 heteroatoms. The van der Waals surface area contributed by atoms with E-state index in [1.54, 1.807) is 6.20 Å². The number of fused-ring (bicyclic) bond motifs is 1. The SMILES string of the molecule is Cc1cnc(Cn2c(C(C)Cl)nc3ccc(Br)cc32)o1. The van der Waals surface area contributed by atoms with Gasteiger partial charge < -0.3 is 8.98 Å². The molecule has 0 aliphatic heterocycles. The average Bonchev–Trinajstić information content (AvgIpc) is 2.95. The highest BCUT2D eigenvalue weighted by molar-refractivity contribution is 9.10. The van der Waals surface area contributed by atoms with Gasteiger partial charge in [0.05, 0.1) is 22.6 Å². The first-order valence-electron chi connectivity index (χ1n) is 6.25. The van der Waals surface area contributed by atoms with Gasteiger partial charge in [0.1, 0.15) is 18.1 Å². The molecule has 20 heavy (non-hydrogen) atoms. The maximum Gasteiger partial charge on any atom is 0.214 e. The summed E-state index contributed by atoms with van der Waals surface area (Å²) in [7, 11) is 0. The van der Waals surface area contributed by atoms with Gasteiger partial charge in [-0.3, -0.25) is 0 Å². The number of benzene rings is 1. The third kappa shape index (κ3) is 2.47. The highest BCUT2D eigenvalue weighted by atomic mass is 79.9. The molecule has 0 spiro atoms. The number of hydrogen-bond donors (Lipinski definition) is 0. The smallest absolute Gasteiger partial charge is 0.214 e. The van der Waals surface area contributed by atoms with Crippen LogP contribution in [-0.4, -0.2) is 14.5 Å². The van der Waals surface area contributed by atoms with Crippen LogP contribution in [0.15, 0.2) is 33.3 Å². The summed E-state index contributed by atoms with van der Waals surface area (Å²) in [5.74, 6) is 2.27. The standard InChI is InChI=1S/C14H13BrClN3O/c1-8-6-17-13(20-8)7-19-12-5-10(15)3-4-11(12)18-14(19)9(2)16/h3-6,9H,7H2,1-2H3. The fraction of sp³-hybridized carbons (Fsp3) is 0.286. The summed E-state index contributed by atoms with van der Waals surface area (Å²) in [4.78, 5) is 8.85. The monoisotopic (exact) mass is 353 g/mol. The van der Waals surface area contributed by atoms with E-state index >= 15 is 0 Å². The Hall–Kier alpha value is -1.33. The molecule has 1 atom stereocenters. The van der Waals surface area contributed by atoms with Crippen LogP contribution in [0.2, 0.25) is 0 Å². The molecule has 104 valence electrons. The Labute approximate surface area is 129 Å². The lowest BCUT2D eigenvalue weighted by atomic mass is 10.3. The van der Waals surface area contributed by atoms with Crippen LogP contribution in [0.4, 0.5) is 0 Å². The van der Waals surface area contributed by atoms with Crippen molar-refractivity contribution in [2.45, 2.75) is 25.8 Å². The van der Waals surface area contributed by atoms with Crippen molar-refractivity contribution >= 4 is 38.6 Å². The molecule has 3 aromatic rings. The predicted octanol–water partition coefficient (Wildman–Crippen LogP) is 4.44. The maximum absolute atomic E-state index is 6.24. The topological polar surface area (TPSA) is 43.9 Å². The second-order valence-electron chi connectivity index (χ2n) is 4.67. The van der Waals surface area contributed by atoms with Gasteiger partial charge in [-0.25, -0.2) is 9.97 Å². The predicted molar refractivity (Wildman–Crippen MR) is 82.0 cm³/mol. The Bertz CT molecular complexity index is 763. The number of oxazole rings is 1. The normalized spacial score (nSPS) is 13.0. The van der Waals surface area contributed by atoms with Gasteiger partial charge in [-0.2, -0.15) is 0 Å². The van der Waals surface area contributed by atoms with Crippen molar-refractivity contribution in [1.82, 2.24) is 14.5 Å². The molecule has 0 aliphatic rings. The van der Waals surface area contributed by atoms with Gasteiger partial charge in [0.2, 0.25) is 5.89 Å². The summed E-state index contributed by atoms with van der Waals surface area (Å²) < 4.78 is 8.60. The molecular weight excluding hydrogens is 342 g/mol. The lowest BCUT2D eigenvalue weighted by Crippen LogP contribution is -2.06. The number of nitrogens with zero attached hydrogens (tertiary/aromatic N) is 3. The summed E-state index contributed by atoms with van der Waals surface area (Å²) in [6.07, 6.45) is 1.72. The van der Waals surface area contributed by atoms with Crippen molar-refractivity contribution < 1.29 is 4.42 Å². The molecule has 0 N–H and O–H groups in total. The summed E-state index contributed by atoms with van der Waals surface area (Å²) in [5, 5.41) is -0.183. The minimum absolute atomic E-state index is 0.183. The van der Waals surface area contributed by atoms with Crippen molar-refractivity contribution in [2.24, 2.45) is 0 Å². The van der Waals surface area contributed by atoms with E-state index in [0.29, 0.717) is 12.4 Å². The van der Waals surface area contributed by atoms with E-state index in [1.807, 2.05) is 36.6 Å². The van der Waals surface area contributed by atoms with Gasteiger partial charge in [-0.05, 0) is 32.0 Å². The van der Waals surface area contributed by atoms with E-state index in [9.17, 15) is 0 Å². The van der Waals surface area contributed by atoms with Crippen LogP contribution in [0.5, 0.6) is 0 Å². The Kier molecular flexibility index (Phi) is 3.56. The molecule has 1 unspecified atom stereocenters. The Morgan fingerprint density at radius 2 is 2.25 bits per heavy atom. The number of aromatic nitrogens is 3. The van der Waals surface area contributed by atoms with Gasteiger partial charge in [0.25, 0.3) is 0 Å². The van der Waals surface area contributed by atoms with Crippen molar-refractivity contribution in [3.63, 3.8) is 0 Å². The molecule has 2 heterocycles. The van der Waals surface area contributed by atoms with E-state index in [4.69, 9.17) is 16.0 Å². The molecule has 0 bridgehead atoms. The van der Waals surface area contributed by atoms with Crippen LogP contribution in [0, 0.1) is 6.92 Å². The van der Waals surface area contributed by atoms with Crippen molar-refractivity contribution in [2.75, 3.05) is 0 Å². The minimum Gasteiger partial charge on any atom is -0.444 e. The molecule has 0 radical (unpaired) electrons. The molecule has 0 amide bonds. The first kappa shape index (κ1) is 13.6.